The molecule has 190 valence electrons. The fourth-order valence-corrected chi connectivity index (χ4v) is 3.48. The van der Waals surface area contributed by atoms with Gasteiger partial charge in [-0.1, -0.05) is 6.07 Å². The number of halogens is 1. The van der Waals surface area contributed by atoms with Gasteiger partial charge in [-0.3, -0.25) is 14.6 Å². The second kappa shape index (κ2) is 11.4. The summed E-state index contributed by atoms with van der Waals surface area (Å²) in [7, 11) is 1.49. The van der Waals surface area contributed by atoms with Crippen molar-refractivity contribution in [2.45, 2.75) is 12.5 Å². The van der Waals surface area contributed by atoms with Crippen molar-refractivity contribution in [3.63, 3.8) is 0 Å². The van der Waals surface area contributed by atoms with E-state index in [1.807, 2.05) is 0 Å². The molecule has 0 saturated heterocycles. The molecule has 0 aliphatic rings. The minimum atomic E-state index is -1.10. The fourth-order valence-electron chi connectivity index (χ4n) is 3.48. The number of rotatable bonds is 10. The summed E-state index contributed by atoms with van der Waals surface area (Å²) < 4.78 is 30.6. The summed E-state index contributed by atoms with van der Waals surface area (Å²) in [5, 5.41) is 12.3. The summed E-state index contributed by atoms with van der Waals surface area (Å²) in [6, 6.07) is 16.2. The highest BCUT2D eigenvalue weighted by atomic mass is 19.1. The van der Waals surface area contributed by atoms with Crippen LogP contribution < -0.4 is 25.3 Å². The number of methoxy groups -OCH3 is 1. The van der Waals surface area contributed by atoms with Crippen molar-refractivity contribution in [3.8, 4) is 23.0 Å². The lowest BCUT2D eigenvalue weighted by atomic mass is 10.1. The number of nitrogens with two attached hydrogens (primary N) is 1. The van der Waals surface area contributed by atoms with Crippen molar-refractivity contribution >= 4 is 28.5 Å². The van der Waals surface area contributed by atoms with E-state index in [9.17, 15) is 14.0 Å². The monoisotopic (exact) mass is 505 g/mol. The van der Waals surface area contributed by atoms with E-state index in [1.54, 1.807) is 48.7 Å². The second-order valence-electron chi connectivity index (χ2n) is 8.00. The quantitative estimate of drug-likeness (QED) is 0.285. The first-order valence-corrected chi connectivity index (χ1v) is 11.3. The Morgan fingerprint density at radius 2 is 1.84 bits per heavy atom. The Labute approximate surface area is 211 Å². The molecule has 1 atom stereocenters. The van der Waals surface area contributed by atoms with Crippen LogP contribution in [0.15, 0.2) is 72.9 Å². The Morgan fingerprint density at radius 1 is 1.05 bits per heavy atom. The van der Waals surface area contributed by atoms with E-state index >= 15 is 0 Å². The number of amides is 1. The number of anilines is 1. The number of fused-ring (bicyclic) bond motifs is 1. The van der Waals surface area contributed by atoms with Crippen molar-refractivity contribution in [1.82, 2.24) is 4.98 Å². The van der Waals surface area contributed by atoms with E-state index in [1.165, 1.54) is 25.3 Å². The molecule has 10 heteroatoms. The Kier molecular flexibility index (Phi) is 7.80. The maximum Gasteiger partial charge on any atom is 0.320 e. The van der Waals surface area contributed by atoms with Gasteiger partial charge in [-0.05, 0) is 54.6 Å². The number of nitrogens with one attached hydrogen (secondary N) is 1. The van der Waals surface area contributed by atoms with Gasteiger partial charge < -0.3 is 30.4 Å². The smallest absolute Gasteiger partial charge is 0.320 e. The van der Waals surface area contributed by atoms with Gasteiger partial charge in [0, 0.05) is 35.3 Å². The first kappa shape index (κ1) is 25.4. The van der Waals surface area contributed by atoms with Gasteiger partial charge in [0.25, 0.3) is 5.91 Å². The van der Waals surface area contributed by atoms with Gasteiger partial charge in [-0.25, -0.2) is 4.39 Å². The van der Waals surface area contributed by atoms with Crippen LogP contribution in [0.4, 0.5) is 10.1 Å². The molecule has 0 saturated carbocycles. The summed E-state index contributed by atoms with van der Waals surface area (Å²) in [5.41, 5.74) is 6.84. The summed E-state index contributed by atoms with van der Waals surface area (Å²) in [6.07, 6.45) is 1.72. The molecule has 0 spiro atoms. The number of carbonyl (C=O) groups excluding carboxylic acids is 1. The summed E-state index contributed by atoms with van der Waals surface area (Å²) in [5.74, 6) is -0.167. The minimum Gasteiger partial charge on any atom is -0.493 e. The topological polar surface area (TPSA) is 133 Å². The van der Waals surface area contributed by atoms with Crippen molar-refractivity contribution in [1.29, 1.82) is 0 Å². The molecule has 0 aliphatic heterocycles. The highest BCUT2D eigenvalue weighted by molar-refractivity contribution is 6.04. The second-order valence-corrected chi connectivity index (χ2v) is 8.00. The zero-order chi connectivity index (χ0) is 26.4. The minimum absolute atomic E-state index is 0.0909. The molecule has 0 aliphatic carbocycles. The summed E-state index contributed by atoms with van der Waals surface area (Å²) in [4.78, 5) is 27.6. The number of carbonyl (C=O) groups is 2. The SMILES string of the molecule is COc1cc2c(Oc3ccc(NC(=O)c4cccc(F)c4)cc3)ccnc2cc1OCC[C@H](N)C(=O)O. The number of hydrogen-bond donors (Lipinski definition) is 3. The average Bonchev–Trinajstić information content (AvgIpc) is 2.89. The Morgan fingerprint density at radius 3 is 2.54 bits per heavy atom. The number of aromatic nitrogens is 1. The molecule has 9 nitrogen and oxygen atoms in total. The van der Waals surface area contributed by atoms with Crippen LogP contribution in [0.2, 0.25) is 0 Å². The number of benzene rings is 3. The third-order valence-electron chi connectivity index (χ3n) is 5.42. The Hall–Kier alpha value is -4.70. The first-order valence-electron chi connectivity index (χ1n) is 11.3. The van der Waals surface area contributed by atoms with Gasteiger partial charge in [-0.15, -0.1) is 0 Å². The number of ether oxygens (including phenoxy) is 3. The van der Waals surface area contributed by atoms with E-state index < -0.39 is 23.7 Å². The first-order chi connectivity index (χ1) is 17.8. The van der Waals surface area contributed by atoms with Crippen LogP contribution >= 0.6 is 0 Å². The molecule has 4 aromatic rings. The molecule has 0 unspecified atom stereocenters. The number of hydrogen-bond acceptors (Lipinski definition) is 7. The number of pyridine rings is 1. The van der Waals surface area contributed by atoms with Crippen LogP contribution in [0.25, 0.3) is 10.9 Å². The van der Waals surface area contributed by atoms with Crippen LogP contribution in [-0.2, 0) is 4.79 Å². The lowest BCUT2D eigenvalue weighted by Crippen LogP contribution is -2.31. The van der Waals surface area contributed by atoms with Gasteiger partial charge in [-0.2, -0.15) is 0 Å². The van der Waals surface area contributed by atoms with Crippen LogP contribution in [0, 0.1) is 5.82 Å². The zero-order valence-corrected chi connectivity index (χ0v) is 19.8. The van der Waals surface area contributed by atoms with Crippen LogP contribution in [0.1, 0.15) is 16.8 Å². The van der Waals surface area contributed by atoms with Gasteiger partial charge >= 0.3 is 5.97 Å². The molecule has 4 N–H and O–H groups in total. The third-order valence-corrected chi connectivity index (χ3v) is 5.42. The lowest BCUT2D eigenvalue weighted by Gasteiger charge is -2.15. The number of carboxylic acids is 1. The van der Waals surface area contributed by atoms with Gasteiger partial charge in [0.05, 0.1) is 19.2 Å². The molecular weight excluding hydrogens is 481 g/mol. The van der Waals surface area contributed by atoms with Crippen molar-refractivity contribution in [3.05, 3.63) is 84.3 Å². The summed E-state index contributed by atoms with van der Waals surface area (Å²) in [6.45, 7) is 0.0909. The third kappa shape index (κ3) is 6.30. The molecule has 0 fully saturated rings. The highest BCUT2D eigenvalue weighted by Crippen LogP contribution is 2.37. The maximum atomic E-state index is 13.4. The van der Waals surface area contributed by atoms with E-state index in [0.717, 1.165) is 6.07 Å². The highest BCUT2D eigenvalue weighted by Gasteiger charge is 2.15. The maximum absolute atomic E-state index is 13.4. The van der Waals surface area contributed by atoms with Crippen LogP contribution in [-0.4, -0.2) is 41.7 Å². The van der Waals surface area contributed by atoms with Crippen molar-refractivity contribution in [2.75, 3.05) is 19.0 Å². The van der Waals surface area contributed by atoms with Crippen molar-refractivity contribution < 1.29 is 33.3 Å². The molecule has 0 radical (unpaired) electrons. The molecule has 1 aromatic heterocycles. The summed E-state index contributed by atoms with van der Waals surface area (Å²) >= 11 is 0. The van der Waals surface area contributed by atoms with Crippen molar-refractivity contribution in [2.24, 2.45) is 5.73 Å². The number of nitrogens with zero attached hydrogens (tertiary/aromatic N) is 1. The van der Waals surface area contributed by atoms with Gasteiger partial charge in [0.1, 0.15) is 23.4 Å². The lowest BCUT2D eigenvalue weighted by molar-refractivity contribution is -0.138. The fraction of sp³-hybridized carbons (Fsp3) is 0.148. The van der Waals surface area contributed by atoms with Gasteiger partial charge in [0.2, 0.25) is 0 Å². The van der Waals surface area contributed by atoms with Crippen LogP contribution in [0.5, 0.6) is 23.0 Å². The van der Waals surface area contributed by atoms with E-state index in [0.29, 0.717) is 39.6 Å². The Bertz CT molecular complexity index is 1430. The van der Waals surface area contributed by atoms with Gasteiger partial charge in [0.15, 0.2) is 11.5 Å². The number of carboxylic acid groups (broad SMARTS) is 1. The van der Waals surface area contributed by atoms with E-state index in [2.05, 4.69) is 10.3 Å². The molecule has 37 heavy (non-hydrogen) atoms. The largest absolute Gasteiger partial charge is 0.493 e. The standard InChI is InChI=1S/C27H24FN3O6/c1-35-24-14-20-22(15-25(24)36-12-10-21(29)27(33)34)30-11-9-23(20)37-19-7-5-18(6-8-19)31-26(32)16-3-2-4-17(28)13-16/h2-9,11,13-15,21H,10,12,29H2,1H3,(H,31,32)(H,33,34)/t21-/m0/s1. The normalized spacial score (nSPS) is 11.5. The predicted octanol–water partition coefficient (Wildman–Crippen LogP) is 4.61. The molecule has 1 heterocycles. The molecule has 1 amide bonds. The zero-order valence-electron chi connectivity index (χ0n) is 19.8. The predicted molar refractivity (Wildman–Crippen MR) is 135 cm³/mol. The van der Waals surface area contributed by atoms with E-state index in [-0.39, 0.29) is 18.6 Å². The average molecular weight is 506 g/mol. The van der Waals surface area contributed by atoms with E-state index in [4.69, 9.17) is 25.1 Å². The molecule has 0 bridgehead atoms. The Balaban J connectivity index is 1.48. The molecular formula is C27H24FN3O6. The van der Waals surface area contributed by atoms with Crippen LogP contribution in [0.3, 0.4) is 0 Å². The molecule has 4 rings (SSSR count). The number of aliphatic carboxylic acids is 1. The molecule has 3 aromatic carbocycles.